The molecule has 0 aliphatic carbocycles. The first kappa shape index (κ1) is 20.2. The zero-order chi connectivity index (χ0) is 15.9. The number of rotatable bonds is 5. The average Bonchev–Trinajstić information content (AvgIpc) is 2.85. The van der Waals surface area contributed by atoms with Crippen molar-refractivity contribution >= 4 is 29.9 Å². The summed E-state index contributed by atoms with van der Waals surface area (Å²) in [6, 6.07) is 0. The van der Waals surface area contributed by atoms with Gasteiger partial charge in [0.1, 0.15) is 5.76 Å². The van der Waals surface area contributed by atoms with E-state index in [0.29, 0.717) is 12.4 Å². The van der Waals surface area contributed by atoms with Crippen LogP contribution >= 0.6 is 24.0 Å². The van der Waals surface area contributed by atoms with E-state index in [2.05, 4.69) is 27.2 Å². The quantitative estimate of drug-likeness (QED) is 0.437. The van der Waals surface area contributed by atoms with Crippen LogP contribution in [0.5, 0.6) is 0 Å². The second kappa shape index (κ2) is 10.1. The predicted octanol–water partition coefficient (Wildman–Crippen LogP) is 2.73. The van der Waals surface area contributed by atoms with E-state index in [9.17, 15) is 0 Å². The molecule has 0 unspecified atom stereocenters. The van der Waals surface area contributed by atoms with Crippen LogP contribution in [0.15, 0.2) is 9.41 Å². The SMILES string of the molecule is CN=C(NCc1nc(C)c(C)o1)N(C)CCC1CCOCC1.I. The smallest absolute Gasteiger partial charge is 0.214 e. The Morgan fingerprint density at radius 2 is 2.04 bits per heavy atom. The number of guanidine groups is 1. The van der Waals surface area contributed by atoms with Gasteiger partial charge >= 0.3 is 0 Å². The maximum absolute atomic E-state index is 5.58. The van der Waals surface area contributed by atoms with Gasteiger partial charge in [-0.3, -0.25) is 4.99 Å². The van der Waals surface area contributed by atoms with Crippen LogP contribution in [-0.4, -0.2) is 49.7 Å². The summed E-state index contributed by atoms with van der Waals surface area (Å²) in [7, 11) is 3.88. The number of aromatic nitrogens is 1. The van der Waals surface area contributed by atoms with Crippen molar-refractivity contribution in [2.24, 2.45) is 10.9 Å². The van der Waals surface area contributed by atoms with Gasteiger partial charge in [0.15, 0.2) is 5.96 Å². The van der Waals surface area contributed by atoms with Crippen LogP contribution in [0.25, 0.3) is 0 Å². The highest BCUT2D eigenvalue weighted by atomic mass is 127. The third-order valence-electron chi connectivity index (χ3n) is 4.26. The number of ether oxygens (including phenoxy) is 1. The van der Waals surface area contributed by atoms with Crippen LogP contribution < -0.4 is 5.32 Å². The van der Waals surface area contributed by atoms with Crippen molar-refractivity contribution in [3.63, 3.8) is 0 Å². The molecule has 1 aliphatic heterocycles. The summed E-state index contributed by atoms with van der Waals surface area (Å²) < 4.78 is 11.0. The van der Waals surface area contributed by atoms with Gasteiger partial charge in [0.05, 0.1) is 12.2 Å². The van der Waals surface area contributed by atoms with E-state index in [1.54, 1.807) is 7.05 Å². The van der Waals surface area contributed by atoms with E-state index in [1.165, 1.54) is 19.3 Å². The van der Waals surface area contributed by atoms with Gasteiger partial charge < -0.3 is 19.4 Å². The van der Waals surface area contributed by atoms with Gasteiger partial charge in [0.2, 0.25) is 5.89 Å². The molecule has 0 spiro atoms. The van der Waals surface area contributed by atoms with Gasteiger partial charge in [-0.2, -0.15) is 0 Å². The first-order valence-corrected chi connectivity index (χ1v) is 8.02. The first-order valence-electron chi connectivity index (χ1n) is 8.02. The summed E-state index contributed by atoms with van der Waals surface area (Å²) in [5.41, 5.74) is 0.944. The van der Waals surface area contributed by atoms with E-state index in [4.69, 9.17) is 9.15 Å². The predicted molar refractivity (Wildman–Crippen MR) is 102 cm³/mol. The zero-order valence-corrected chi connectivity index (χ0v) is 16.9. The van der Waals surface area contributed by atoms with E-state index in [0.717, 1.165) is 43.1 Å². The van der Waals surface area contributed by atoms with Crippen molar-refractivity contribution in [2.45, 2.75) is 39.7 Å². The molecule has 0 aromatic carbocycles. The van der Waals surface area contributed by atoms with Crippen LogP contribution in [-0.2, 0) is 11.3 Å². The molecule has 1 aliphatic rings. The lowest BCUT2D eigenvalue weighted by Crippen LogP contribution is -2.39. The molecule has 0 atom stereocenters. The highest BCUT2D eigenvalue weighted by molar-refractivity contribution is 14.0. The van der Waals surface area contributed by atoms with E-state index in [-0.39, 0.29) is 24.0 Å². The van der Waals surface area contributed by atoms with Crippen molar-refractivity contribution < 1.29 is 9.15 Å². The van der Waals surface area contributed by atoms with Crippen LogP contribution in [0.1, 0.15) is 36.6 Å². The van der Waals surface area contributed by atoms with Crippen molar-refractivity contribution in [1.82, 2.24) is 15.2 Å². The van der Waals surface area contributed by atoms with Gasteiger partial charge in [0, 0.05) is 33.9 Å². The van der Waals surface area contributed by atoms with E-state index in [1.807, 2.05) is 13.8 Å². The lowest BCUT2D eigenvalue weighted by Gasteiger charge is -2.26. The number of nitrogens with one attached hydrogen (secondary N) is 1. The van der Waals surface area contributed by atoms with Gasteiger partial charge in [-0.15, -0.1) is 24.0 Å². The third kappa shape index (κ3) is 6.29. The lowest BCUT2D eigenvalue weighted by molar-refractivity contribution is 0.0625. The van der Waals surface area contributed by atoms with Crippen LogP contribution in [0, 0.1) is 19.8 Å². The Morgan fingerprint density at radius 3 is 2.61 bits per heavy atom. The molecule has 1 fully saturated rings. The molecular weight excluding hydrogens is 407 g/mol. The first-order chi connectivity index (χ1) is 10.6. The monoisotopic (exact) mass is 436 g/mol. The Labute approximate surface area is 156 Å². The summed E-state index contributed by atoms with van der Waals surface area (Å²) in [5.74, 6) is 3.22. The van der Waals surface area contributed by atoms with E-state index < -0.39 is 0 Å². The molecular formula is C16H29IN4O2. The second-order valence-corrected chi connectivity index (χ2v) is 5.92. The van der Waals surface area contributed by atoms with Crippen LogP contribution in [0.2, 0.25) is 0 Å². The second-order valence-electron chi connectivity index (χ2n) is 5.92. The maximum Gasteiger partial charge on any atom is 0.214 e. The summed E-state index contributed by atoms with van der Waals surface area (Å²) in [6.07, 6.45) is 3.53. The largest absolute Gasteiger partial charge is 0.444 e. The molecule has 23 heavy (non-hydrogen) atoms. The Kier molecular flexibility index (Phi) is 8.90. The lowest BCUT2D eigenvalue weighted by atomic mass is 9.96. The fourth-order valence-corrected chi connectivity index (χ4v) is 2.67. The highest BCUT2D eigenvalue weighted by Gasteiger charge is 2.15. The maximum atomic E-state index is 5.58. The normalized spacial score (nSPS) is 16.1. The topological polar surface area (TPSA) is 62.9 Å². The summed E-state index contributed by atoms with van der Waals surface area (Å²) in [5, 5.41) is 3.31. The molecule has 1 saturated heterocycles. The highest BCUT2D eigenvalue weighted by Crippen LogP contribution is 2.18. The number of oxazole rings is 1. The molecule has 1 N–H and O–H groups in total. The number of aliphatic imine (C=N–C) groups is 1. The number of hydrogen-bond acceptors (Lipinski definition) is 4. The standard InChI is InChI=1S/C16H28N4O2.HI/c1-12-13(2)22-15(19-12)11-18-16(17-3)20(4)8-5-14-6-9-21-10-7-14;/h14H,5-11H2,1-4H3,(H,17,18);1H. The molecule has 0 radical (unpaired) electrons. The van der Waals surface area contributed by atoms with Crippen LogP contribution in [0.4, 0.5) is 0 Å². The van der Waals surface area contributed by atoms with Gasteiger partial charge in [-0.05, 0) is 39.0 Å². The van der Waals surface area contributed by atoms with Gasteiger partial charge in [-0.1, -0.05) is 0 Å². The minimum atomic E-state index is 0. The third-order valence-corrected chi connectivity index (χ3v) is 4.26. The fraction of sp³-hybridized carbons (Fsp3) is 0.750. The molecule has 0 saturated carbocycles. The minimum Gasteiger partial charge on any atom is -0.444 e. The molecule has 0 bridgehead atoms. The molecule has 132 valence electrons. The van der Waals surface area contributed by atoms with Crippen molar-refractivity contribution in [3.05, 3.63) is 17.3 Å². The summed E-state index contributed by atoms with van der Waals surface area (Å²) >= 11 is 0. The number of hydrogen-bond donors (Lipinski definition) is 1. The minimum absolute atomic E-state index is 0. The molecule has 2 heterocycles. The van der Waals surface area contributed by atoms with E-state index >= 15 is 0 Å². The van der Waals surface area contributed by atoms with Crippen LogP contribution in [0.3, 0.4) is 0 Å². The molecule has 1 aromatic heterocycles. The van der Waals surface area contributed by atoms with Gasteiger partial charge in [0.25, 0.3) is 0 Å². The molecule has 6 nitrogen and oxygen atoms in total. The fourth-order valence-electron chi connectivity index (χ4n) is 2.67. The van der Waals surface area contributed by atoms with Crippen molar-refractivity contribution in [1.29, 1.82) is 0 Å². The number of halogens is 1. The Bertz CT molecular complexity index is 479. The molecule has 1 aromatic rings. The van der Waals surface area contributed by atoms with Gasteiger partial charge in [-0.25, -0.2) is 4.98 Å². The Morgan fingerprint density at radius 1 is 1.35 bits per heavy atom. The summed E-state index contributed by atoms with van der Waals surface area (Å²) in [4.78, 5) is 10.9. The number of aryl methyl sites for hydroxylation is 2. The Balaban J connectivity index is 0.00000264. The molecule has 2 rings (SSSR count). The van der Waals surface area contributed by atoms with Crippen molar-refractivity contribution in [3.8, 4) is 0 Å². The zero-order valence-electron chi connectivity index (χ0n) is 14.6. The summed E-state index contributed by atoms with van der Waals surface area (Å²) in [6.45, 7) is 7.25. The van der Waals surface area contributed by atoms with Crippen molar-refractivity contribution in [2.75, 3.05) is 33.9 Å². The average molecular weight is 436 g/mol. The molecule has 0 amide bonds. The molecule has 7 heteroatoms. The number of nitrogens with zero attached hydrogens (tertiary/aromatic N) is 3. The Hall–Kier alpha value is -0.830.